The third-order valence-electron chi connectivity index (χ3n) is 3.00. The van der Waals surface area contributed by atoms with E-state index in [1.54, 1.807) is 31.2 Å². The molecule has 0 unspecified atom stereocenters. The van der Waals surface area contributed by atoms with Crippen LogP contribution in [0.3, 0.4) is 0 Å². The Balaban J connectivity index is 2.29. The smallest absolute Gasteiger partial charge is 0.273 e. The predicted octanol–water partition coefficient (Wildman–Crippen LogP) is 3.61. The number of rotatable bonds is 5. The summed E-state index contributed by atoms with van der Waals surface area (Å²) in [7, 11) is -3.76. The number of hydrogen-bond donors (Lipinski definition) is 1. The molecule has 0 saturated heterocycles. The second-order valence-electron chi connectivity index (χ2n) is 4.71. The minimum atomic E-state index is -3.76. The topological polar surface area (TPSA) is 89.3 Å². The number of sulfonamides is 1. The molecule has 2 aromatic carbocycles. The number of benzene rings is 2. The summed E-state index contributed by atoms with van der Waals surface area (Å²) in [5.74, 6) is -0.462. The van der Waals surface area contributed by atoms with E-state index in [0.29, 0.717) is 5.69 Å². The van der Waals surface area contributed by atoms with Gasteiger partial charge in [0.15, 0.2) is 0 Å². The normalized spacial score (nSPS) is 11.2. The van der Waals surface area contributed by atoms with Gasteiger partial charge in [-0.2, -0.15) is 0 Å². The fraction of sp³-hybridized carbons (Fsp3) is 0.143. The Kier molecular flexibility index (Phi) is 4.82. The van der Waals surface area contributed by atoms with Gasteiger partial charge in [0, 0.05) is 16.1 Å². The molecule has 0 heterocycles. The number of halogens is 1. The summed E-state index contributed by atoms with van der Waals surface area (Å²) < 4.78 is 27.7. The van der Waals surface area contributed by atoms with Crippen LogP contribution in [0.1, 0.15) is 11.1 Å². The highest BCUT2D eigenvalue weighted by Crippen LogP contribution is 2.24. The maximum absolute atomic E-state index is 12.3. The number of aryl methyl sites for hydroxylation is 1. The van der Waals surface area contributed by atoms with Crippen LogP contribution in [-0.4, -0.2) is 13.3 Å². The van der Waals surface area contributed by atoms with Crippen molar-refractivity contribution in [3.8, 4) is 0 Å². The first-order valence-corrected chi connectivity index (χ1v) is 8.72. The molecule has 0 aromatic heterocycles. The lowest BCUT2D eigenvalue weighted by molar-refractivity contribution is -0.385. The largest absolute Gasteiger partial charge is 0.283 e. The van der Waals surface area contributed by atoms with Crippen LogP contribution in [0.2, 0.25) is 0 Å². The molecule has 0 amide bonds. The fourth-order valence-electron chi connectivity index (χ4n) is 1.92. The number of nitrogens with zero attached hydrogens (tertiary/aromatic N) is 1. The van der Waals surface area contributed by atoms with Crippen molar-refractivity contribution >= 4 is 37.3 Å². The molecule has 0 aliphatic carbocycles. The van der Waals surface area contributed by atoms with Gasteiger partial charge in [0.05, 0.1) is 10.6 Å². The Morgan fingerprint density at radius 1 is 1.23 bits per heavy atom. The molecular formula is C14H13BrN2O4S. The molecule has 0 spiro atoms. The third-order valence-corrected chi connectivity index (χ3v) is 4.71. The minimum Gasteiger partial charge on any atom is -0.283 e. The zero-order valence-corrected chi connectivity index (χ0v) is 14.0. The van der Waals surface area contributed by atoms with Crippen LogP contribution in [0.5, 0.6) is 0 Å². The number of nitrogens with one attached hydrogen (secondary N) is 1. The number of anilines is 1. The van der Waals surface area contributed by atoms with E-state index in [2.05, 4.69) is 20.7 Å². The van der Waals surface area contributed by atoms with Gasteiger partial charge in [-0.25, -0.2) is 8.42 Å². The van der Waals surface area contributed by atoms with E-state index in [1.165, 1.54) is 18.2 Å². The van der Waals surface area contributed by atoms with Crippen LogP contribution >= 0.6 is 15.9 Å². The number of nitro groups is 1. The van der Waals surface area contributed by atoms with E-state index in [0.717, 1.165) is 10.0 Å². The Bertz CT molecular complexity index is 821. The fourth-order valence-corrected chi connectivity index (χ4v) is 3.57. The van der Waals surface area contributed by atoms with Crippen LogP contribution in [0.25, 0.3) is 0 Å². The van der Waals surface area contributed by atoms with Crippen LogP contribution in [0.15, 0.2) is 46.9 Å². The minimum absolute atomic E-state index is 0.146. The molecule has 0 saturated carbocycles. The maximum Gasteiger partial charge on any atom is 0.273 e. The van der Waals surface area contributed by atoms with E-state index in [-0.39, 0.29) is 11.3 Å². The monoisotopic (exact) mass is 384 g/mol. The van der Waals surface area contributed by atoms with Crippen molar-refractivity contribution in [2.75, 3.05) is 4.72 Å². The van der Waals surface area contributed by atoms with E-state index < -0.39 is 20.7 Å². The van der Waals surface area contributed by atoms with Gasteiger partial charge >= 0.3 is 0 Å². The van der Waals surface area contributed by atoms with Crippen LogP contribution in [0, 0.1) is 17.0 Å². The molecule has 0 radical (unpaired) electrons. The van der Waals surface area contributed by atoms with Gasteiger partial charge < -0.3 is 0 Å². The summed E-state index contributed by atoms with van der Waals surface area (Å²) in [6.45, 7) is 1.77. The zero-order valence-electron chi connectivity index (χ0n) is 11.6. The van der Waals surface area contributed by atoms with Crippen molar-refractivity contribution in [2.24, 2.45) is 0 Å². The third kappa shape index (κ3) is 4.05. The van der Waals surface area contributed by atoms with Gasteiger partial charge in [0.2, 0.25) is 10.0 Å². The lowest BCUT2D eigenvalue weighted by atomic mass is 10.2. The molecule has 2 rings (SSSR count). The van der Waals surface area contributed by atoms with Crippen molar-refractivity contribution in [2.45, 2.75) is 12.7 Å². The van der Waals surface area contributed by atoms with Gasteiger partial charge in [-0.3, -0.25) is 14.8 Å². The molecule has 116 valence electrons. The molecule has 6 nitrogen and oxygen atoms in total. The van der Waals surface area contributed by atoms with Crippen LogP contribution in [-0.2, 0) is 15.8 Å². The lowest BCUT2D eigenvalue weighted by Gasteiger charge is -2.11. The molecule has 1 N–H and O–H groups in total. The lowest BCUT2D eigenvalue weighted by Crippen LogP contribution is -2.16. The van der Waals surface area contributed by atoms with Gasteiger partial charge in [0.25, 0.3) is 5.69 Å². The molecule has 0 aliphatic heterocycles. The number of hydrogen-bond acceptors (Lipinski definition) is 4. The van der Waals surface area contributed by atoms with Gasteiger partial charge in [0.1, 0.15) is 5.75 Å². The summed E-state index contributed by atoms with van der Waals surface area (Å²) in [6, 6.07) is 11.0. The van der Waals surface area contributed by atoms with Gasteiger partial charge in [-0.15, -0.1) is 0 Å². The SMILES string of the molecule is Cc1ccc(Br)cc1NS(=O)(=O)Cc1ccccc1[N+](=O)[O-]. The molecule has 2 aromatic rings. The maximum atomic E-state index is 12.3. The molecule has 8 heteroatoms. The standard InChI is InChI=1S/C14H13BrN2O4S/c1-10-6-7-12(15)8-13(10)16-22(20,21)9-11-4-2-3-5-14(11)17(18)19/h2-8,16H,9H2,1H3. The molecule has 22 heavy (non-hydrogen) atoms. The Morgan fingerprint density at radius 3 is 2.59 bits per heavy atom. The highest BCUT2D eigenvalue weighted by atomic mass is 79.9. The second-order valence-corrected chi connectivity index (χ2v) is 7.34. The summed E-state index contributed by atoms with van der Waals surface area (Å²) in [4.78, 5) is 10.4. The number of para-hydroxylation sites is 1. The van der Waals surface area contributed by atoms with Crippen LogP contribution < -0.4 is 4.72 Å². The van der Waals surface area contributed by atoms with Crippen molar-refractivity contribution in [1.82, 2.24) is 0 Å². The summed E-state index contributed by atoms with van der Waals surface area (Å²) in [5.41, 5.74) is 1.13. The Labute approximate surface area is 136 Å². The summed E-state index contributed by atoms with van der Waals surface area (Å²) in [5, 5.41) is 10.9. The highest BCUT2D eigenvalue weighted by Gasteiger charge is 2.20. The van der Waals surface area contributed by atoms with Crippen molar-refractivity contribution in [3.63, 3.8) is 0 Å². The first kappa shape index (κ1) is 16.4. The quantitative estimate of drug-likeness (QED) is 0.629. The first-order valence-electron chi connectivity index (χ1n) is 6.27. The van der Waals surface area contributed by atoms with Crippen molar-refractivity contribution in [1.29, 1.82) is 0 Å². The predicted molar refractivity (Wildman–Crippen MR) is 88.2 cm³/mol. The highest BCUT2D eigenvalue weighted by molar-refractivity contribution is 9.10. The number of nitro benzene ring substituents is 1. The summed E-state index contributed by atoms with van der Waals surface area (Å²) >= 11 is 3.28. The second kappa shape index (κ2) is 6.45. The van der Waals surface area contributed by atoms with Gasteiger partial charge in [-0.05, 0) is 24.6 Å². The Hall–Kier alpha value is -1.93. The molecule has 0 fully saturated rings. The molecule has 0 aliphatic rings. The molecule has 0 bridgehead atoms. The summed E-state index contributed by atoms with van der Waals surface area (Å²) in [6.07, 6.45) is 0. The zero-order chi connectivity index (χ0) is 16.3. The van der Waals surface area contributed by atoms with Crippen molar-refractivity contribution in [3.05, 3.63) is 68.2 Å². The first-order chi connectivity index (χ1) is 10.3. The average Bonchev–Trinajstić information content (AvgIpc) is 2.42. The van der Waals surface area contributed by atoms with Gasteiger partial charge in [-0.1, -0.05) is 40.2 Å². The van der Waals surface area contributed by atoms with E-state index in [9.17, 15) is 18.5 Å². The molecular weight excluding hydrogens is 372 g/mol. The van der Waals surface area contributed by atoms with E-state index in [1.807, 2.05) is 0 Å². The van der Waals surface area contributed by atoms with Crippen molar-refractivity contribution < 1.29 is 13.3 Å². The average molecular weight is 385 g/mol. The Morgan fingerprint density at radius 2 is 1.91 bits per heavy atom. The van der Waals surface area contributed by atoms with E-state index in [4.69, 9.17) is 0 Å². The van der Waals surface area contributed by atoms with E-state index >= 15 is 0 Å². The van der Waals surface area contributed by atoms with Crippen LogP contribution in [0.4, 0.5) is 11.4 Å². The molecule has 0 atom stereocenters.